The highest BCUT2D eigenvalue weighted by atomic mass is 32.2. The Bertz CT molecular complexity index is 640. The van der Waals surface area contributed by atoms with Crippen molar-refractivity contribution in [3.63, 3.8) is 0 Å². The van der Waals surface area contributed by atoms with Gasteiger partial charge in [-0.05, 0) is 45.3 Å². The summed E-state index contributed by atoms with van der Waals surface area (Å²) in [4.78, 5) is 11.4. The Morgan fingerprint density at radius 2 is 1.88 bits per heavy atom. The number of halogens is 1. The number of nitrogen functional groups attached to an aromatic ring is 1. The number of thioether (sulfide) groups is 1. The zero-order chi connectivity index (χ0) is 18.1. The van der Waals surface area contributed by atoms with Gasteiger partial charge in [-0.1, -0.05) is 23.9 Å². The lowest BCUT2D eigenvalue weighted by Crippen LogP contribution is -2.41. The van der Waals surface area contributed by atoms with E-state index in [2.05, 4.69) is 0 Å². The van der Waals surface area contributed by atoms with Crippen LogP contribution in [-0.4, -0.2) is 29.2 Å². The highest BCUT2D eigenvalue weighted by Gasteiger charge is 2.52. The predicted molar refractivity (Wildman–Crippen MR) is 98.0 cm³/mol. The van der Waals surface area contributed by atoms with Crippen molar-refractivity contribution in [1.29, 1.82) is 0 Å². The van der Waals surface area contributed by atoms with Gasteiger partial charge in [-0.15, -0.1) is 0 Å². The summed E-state index contributed by atoms with van der Waals surface area (Å²) in [6, 6.07) is 4.54. The van der Waals surface area contributed by atoms with Crippen molar-refractivity contribution in [3.05, 3.63) is 35.1 Å². The number of rotatable bonds is 4. The topological polar surface area (TPSA) is 61.6 Å². The first-order chi connectivity index (χ1) is 11.0. The van der Waals surface area contributed by atoms with Gasteiger partial charge in [0.2, 0.25) is 0 Å². The Morgan fingerprint density at radius 1 is 1.29 bits per heavy atom. The molecule has 24 heavy (non-hydrogen) atoms. The maximum absolute atomic E-state index is 14.1. The van der Waals surface area contributed by atoms with Crippen LogP contribution in [-0.2, 0) is 14.1 Å². The van der Waals surface area contributed by atoms with E-state index in [1.807, 2.05) is 27.7 Å². The molecule has 0 aromatic heterocycles. The molecule has 130 valence electrons. The third kappa shape index (κ3) is 4.02. The van der Waals surface area contributed by atoms with E-state index in [0.717, 1.165) is 11.8 Å². The van der Waals surface area contributed by atoms with Crippen LogP contribution in [0.15, 0.2) is 23.7 Å². The van der Waals surface area contributed by atoms with Crippen LogP contribution in [0.2, 0.25) is 0 Å². The molecule has 0 amide bonds. The van der Waals surface area contributed by atoms with Gasteiger partial charge in [-0.25, -0.2) is 4.39 Å². The van der Waals surface area contributed by atoms with Gasteiger partial charge in [0.05, 0.1) is 11.2 Å². The summed E-state index contributed by atoms with van der Waals surface area (Å²) < 4.78 is 26.2. The third-order valence-electron chi connectivity index (χ3n) is 4.41. The van der Waals surface area contributed by atoms with Crippen molar-refractivity contribution < 1.29 is 18.5 Å². The van der Waals surface area contributed by atoms with Gasteiger partial charge >= 0.3 is 7.12 Å². The molecule has 1 aliphatic rings. The van der Waals surface area contributed by atoms with Crippen molar-refractivity contribution >= 4 is 35.8 Å². The van der Waals surface area contributed by atoms with Crippen molar-refractivity contribution in [3.8, 4) is 0 Å². The van der Waals surface area contributed by atoms with Gasteiger partial charge in [0.1, 0.15) is 5.82 Å². The highest BCUT2D eigenvalue weighted by Crippen LogP contribution is 2.39. The van der Waals surface area contributed by atoms with E-state index < -0.39 is 24.1 Å². The Kier molecular flexibility index (Phi) is 5.47. The van der Waals surface area contributed by atoms with E-state index in [0.29, 0.717) is 16.9 Å². The number of hydrogen-bond donors (Lipinski definition) is 1. The van der Waals surface area contributed by atoms with E-state index in [-0.39, 0.29) is 10.7 Å². The molecule has 0 spiro atoms. The lowest BCUT2D eigenvalue weighted by Gasteiger charge is -2.32. The van der Waals surface area contributed by atoms with Crippen molar-refractivity contribution in [2.45, 2.75) is 45.8 Å². The van der Waals surface area contributed by atoms with Gasteiger partial charge in [0.25, 0.3) is 0 Å². The van der Waals surface area contributed by atoms with Crippen molar-refractivity contribution in [2.24, 2.45) is 0 Å². The normalized spacial score (nSPS) is 19.6. The summed E-state index contributed by atoms with van der Waals surface area (Å²) in [5, 5.41) is -0.0288. The fraction of sp³-hybridized carbons (Fsp3) is 0.471. The molecule has 1 aromatic carbocycles. The molecule has 0 unspecified atom stereocenters. The molecule has 2 N–H and O–H groups in total. The van der Waals surface area contributed by atoms with Gasteiger partial charge in [-0.2, -0.15) is 0 Å². The van der Waals surface area contributed by atoms with Crippen LogP contribution < -0.4 is 5.73 Å². The Labute approximate surface area is 147 Å². The van der Waals surface area contributed by atoms with Gasteiger partial charge in [0, 0.05) is 23.9 Å². The van der Waals surface area contributed by atoms with E-state index >= 15 is 0 Å². The second-order valence-electron chi connectivity index (χ2n) is 6.83. The largest absolute Gasteiger partial charge is 0.491 e. The van der Waals surface area contributed by atoms with Crippen LogP contribution in [0.1, 0.15) is 40.2 Å². The molecule has 0 saturated carbocycles. The monoisotopic (exact) mass is 351 g/mol. The maximum atomic E-state index is 14.1. The molecule has 4 nitrogen and oxygen atoms in total. The van der Waals surface area contributed by atoms with Crippen LogP contribution in [0, 0.1) is 5.82 Å². The quantitative estimate of drug-likeness (QED) is 0.662. The molecule has 0 atom stereocenters. The first-order valence-corrected chi connectivity index (χ1v) is 8.75. The lowest BCUT2D eigenvalue weighted by atomic mass is 9.78. The number of hydrogen-bond acceptors (Lipinski definition) is 5. The van der Waals surface area contributed by atoms with Gasteiger partial charge < -0.3 is 15.0 Å². The Hall–Kier alpha value is -1.31. The minimum atomic E-state index is -0.652. The Morgan fingerprint density at radius 3 is 2.38 bits per heavy atom. The fourth-order valence-electron chi connectivity index (χ4n) is 2.25. The van der Waals surface area contributed by atoms with Crippen LogP contribution in [0.5, 0.6) is 0 Å². The molecule has 1 fully saturated rings. The molecule has 1 aliphatic heterocycles. The summed E-state index contributed by atoms with van der Waals surface area (Å²) in [6.45, 7) is 9.27. The molecule has 0 aliphatic carbocycles. The lowest BCUT2D eigenvalue weighted by molar-refractivity contribution is -0.109. The standard InChI is InChI=1S/C17H23BFNO3S/c1-11(21)24-10-12(9-13-14(19)7-6-8-15(13)20)18-22-16(2,3)17(4,5)23-18/h6-9H,10,20H2,1-5H3. The van der Waals surface area contributed by atoms with Gasteiger partial charge in [0.15, 0.2) is 5.12 Å². The second kappa shape index (κ2) is 6.90. The molecule has 1 saturated heterocycles. The Balaban J connectivity index is 2.39. The average molecular weight is 351 g/mol. The molecule has 7 heteroatoms. The van der Waals surface area contributed by atoms with Crippen molar-refractivity contribution in [2.75, 3.05) is 11.5 Å². The number of carbonyl (C=O) groups excluding carboxylic acids is 1. The summed E-state index contributed by atoms with van der Waals surface area (Å²) in [6.07, 6.45) is 1.63. The number of anilines is 1. The minimum Gasteiger partial charge on any atom is -0.400 e. The summed E-state index contributed by atoms with van der Waals surface area (Å²) >= 11 is 1.13. The van der Waals surface area contributed by atoms with Crippen LogP contribution in [0.3, 0.4) is 0 Å². The molecule has 2 rings (SSSR count). The number of carbonyl (C=O) groups is 1. The zero-order valence-corrected chi connectivity index (χ0v) is 15.5. The van der Waals surface area contributed by atoms with Crippen molar-refractivity contribution in [1.82, 2.24) is 0 Å². The SMILES string of the molecule is CC(=O)SCC(=Cc1c(N)cccc1F)B1OC(C)(C)C(C)(C)O1. The zero-order valence-electron chi connectivity index (χ0n) is 14.7. The van der Waals surface area contributed by atoms with Crippen LogP contribution in [0.4, 0.5) is 10.1 Å². The molecule has 1 heterocycles. The summed E-state index contributed by atoms with van der Waals surface area (Å²) in [7, 11) is -0.652. The molecule has 1 aromatic rings. The average Bonchev–Trinajstić information content (AvgIpc) is 2.65. The second-order valence-corrected chi connectivity index (χ2v) is 7.98. The highest BCUT2D eigenvalue weighted by molar-refractivity contribution is 8.13. The molecular weight excluding hydrogens is 328 g/mol. The fourth-order valence-corrected chi connectivity index (χ4v) is 2.84. The summed E-state index contributed by atoms with van der Waals surface area (Å²) in [5.74, 6) is -0.0724. The van der Waals surface area contributed by atoms with E-state index in [1.165, 1.54) is 13.0 Å². The predicted octanol–water partition coefficient (Wildman–Crippen LogP) is 3.70. The third-order valence-corrected chi connectivity index (χ3v) is 5.30. The summed E-state index contributed by atoms with van der Waals surface area (Å²) in [5.41, 5.74) is 6.15. The minimum absolute atomic E-state index is 0.0288. The first kappa shape index (κ1) is 19.0. The smallest absolute Gasteiger partial charge is 0.400 e. The van der Waals surface area contributed by atoms with Gasteiger partial charge in [-0.3, -0.25) is 4.79 Å². The number of nitrogens with two attached hydrogens (primary N) is 1. The van der Waals surface area contributed by atoms with E-state index in [4.69, 9.17) is 15.0 Å². The maximum Gasteiger partial charge on any atom is 0.491 e. The van der Waals surface area contributed by atoms with Crippen LogP contribution in [0.25, 0.3) is 6.08 Å². The molecule has 0 radical (unpaired) electrons. The molecular formula is C17H23BFNO3S. The van der Waals surface area contributed by atoms with E-state index in [1.54, 1.807) is 18.2 Å². The first-order valence-electron chi connectivity index (χ1n) is 7.77. The van der Waals surface area contributed by atoms with Crippen LogP contribution >= 0.6 is 11.8 Å². The molecule has 0 bridgehead atoms. The number of benzene rings is 1. The van der Waals surface area contributed by atoms with E-state index in [9.17, 15) is 9.18 Å².